The Labute approximate surface area is 79.8 Å². The van der Waals surface area contributed by atoms with E-state index in [2.05, 4.69) is 15.5 Å². The Bertz CT molecular complexity index is 157. The molecule has 0 spiro atoms. The van der Waals surface area contributed by atoms with Gasteiger partial charge >= 0.3 is 0 Å². The van der Waals surface area contributed by atoms with E-state index in [9.17, 15) is 0 Å². The van der Waals surface area contributed by atoms with E-state index in [1.807, 2.05) is 6.07 Å². The quantitative estimate of drug-likeness (QED) is 0.329. The number of nitriles is 1. The molecule has 4 heteroatoms. The molecule has 0 aliphatic rings. The molecule has 72 valence electrons. The van der Waals surface area contributed by atoms with E-state index in [1.54, 1.807) is 0 Å². The van der Waals surface area contributed by atoms with Crippen molar-refractivity contribution in [1.82, 2.24) is 10.6 Å². The Hall–Kier alpha value is -1.10. The second-order valence-electron chi connectivity index (χ2n) is 2.71. The minimum absolute atomic E-state index is 0.423. The average Bonchev–Trinajstić information content (AvgIpc) is 2.16. The van der Waals surface area contributed by atoms with Gasteiger partial charge in [-0.3, -0.25) is 10.2 Å². The van der Waals surface area contributed by atoms with Crippen LogP contribution in [-0.4, -0.2) is 26.3 Å². The van der Waals surface area contributed by atoms with Gasteiger partial charge in [0.05, 0.1) is 12.6 Å². The third-order valence-corrected chi connectivity index (χ3v) is 1.60. The van der Waals surface area contributed by atoms with Crippen molar-refractivity contribution >= 4 is 0 Å². The van der Waals surface area contributed by atoms with Crippen LogP contribution in [0, 0.1) is 17.9 Å². The van der Waals surface area contributed by atoms with Gasteiger partial charge in [0.15, 0.2) is 0 Å². The van der Waals surface area contributed by atoms with Gasteiger partial charge in [-0.1, -0.05) is 6.42 Å². The highest BCUT2D eigenvalue weighted by molar-refractivity contribution is 4.72. The molecule has 0 radical (unpaired) electrons. The molecule has 0 saturated heterocycles. The van der Waals surface area contributed by atoms with Crippen LogP contribution in [0.15, 0.2) is 0 Å². The summed E-state index contributed by atoms with van der Waals surface area (Å²) >= 11 is 0. The molecule has 0 unspecified atom stereocenters. The lowest BCUT2D eigenvalue weighted by molar-refractivity contribution is 0.600. The molecule has 0 aliphatic carbocycles. The summed E-state index contributed by atoms with van der Waals surface area (Å²) in [4.78, 5) is 3.18. The van der Waals surface area contributed by atoms with Crippen molar-refractivity contribution < 1.29 is 0 Å². The SMILES string of the molecule is [C-]#[N+]CNCCCCCNCC#N. The zero-order chi connectivity index (χ0) is 9.78. The average molecular weight is 180 g/mol. The Morgan fingerprint density at radius 1 is 1.15 bits per heavy atom. The summed E-state index contributed by atoms with van der Waals surface area (Å²) in [6.45, 7) is 9.21. The Morgan fingerprint density at radius 2 is 1.85 bits per heavy atom. The summed E-state index contributed by atoms with van der Waals surface area (Å²) in [5.74, 6) is 0. The zero-order valence-electron chi connectivity index (χ0n) is 7.84. The topological polar surface area (TPSA) is 52.2 Å². The van der Waals surface area contributed by atoms with Crippen LogP contribution in [0.25, 0.3) is 4.85 Å². The van der Waals surface area contributed by atoms with Crippen molar-refractivity contribution in [2.75, 3.05) is 26.3 Å². The van der Waals surface area contributed by atoms with Gasteiger partial charge in [-0.15, -0.1) is 0 Å². The molecule has 13 heavy (non-hydrogen) atoms. The molecule has 0 saturated carbocycles. The molecule has 0 aromatic heterocycles. The first kappa shape index (κ1) is 11.9. The Morgan fingerprint density at radius 3 is 2.46 bits per heavy atom. The summed E-state index contributed by atoms with van der Waals surface area (Å²) in [7, 11) is 0. The lowest BCUT2D eigenvalue weighted by Gasteiger charge is -2.00. The molecule has 2 N–H and O–H groups in total. The normalized spacial score (nSPS) is 9.08. The highest BCUT2D eigenvalue weighted by Gasteiger charge is 1.89. The van der Waals surface area contributed by atoms with Gasteiger partial charge in [0.2, 0.25) is 0 Å². The number of nitrogens with one attached hydrogen (secondary N) is 2. The van der Waals surface area contributed by atoms with Crippen LogP contribution < -0.4 is 10.6 Å². The fourth-order valence-corrected chi connectivity index (χ4v) is 0.956. The largest absolute Gasteiger partial charge is 0.304 e. The maximum absolute atomic E-state index is 8.22. The second kappa shape index (κ2) is 10.9. The summed E-state index contributed by atoms with van der Waals surface area (Å²) < 4.78 is 0. The lowest BCUT2D eigenvalue weighted by Crippen LogP contribution is -2.17. The number of unbranched alkanes of at least 4 members (excludes halogenated alkanes) is 2. The van der Waals surface area contributed by atoms with Gasteiger partial charge in [-0.25, -0.2) is 6.57 Å². The van der Waals surface area contributed by atoms with Crippen LogP contribution in [0.5, 0.6) is 0 Å². The monoisotopic (exact) mass is 180 g/mol. The van der Waals surface area contributed by atoms with Crippen molar-refractivity contribution in [3.63, 3.8) is 0 Å². The van der Waals surface area contributed by atoms with E-state index in [0.717, 1.165) is 32.4 Å². The Kier molecular flexibility index (Phi) is 9.98. The molecule has 0 aromatic rings. The van der Waals surface area contributed by atoms with E-state index in [1.165, 1.54) is 0 Å². The van der Waals surface area contributed by atoms with Gasteiger partial charge in [-0.2, -0.15) is 5.26 Å². The van der Waals surface area contributed by atoms with E-state index < -0.39 is 0 Å². The van der Waals surface area contributed by atoms with E-state index >= 15 is 0 Å². The van der Waals surface area contributed by atoms with Gasteiger partial charge in [-0.05, 0) is 19.4 Å². The van der Waals surface area contributed by atoms with Crippen LogP contribution in [-0.2, 0) is 0 Å². The van der Waals surface area contributed by atoms with Crippen LogP contribution in [0.4, 0.5) is 0 Å². The smallest absolute Gasteiger partial charge is 0.268 e. The van der Waals surface area contributed by atoms with Crippen molar-refractivity contribution in [2.45, 2.75) is 19.3 Å². The van der Waals surface area contributed by atoms with Gasteiger partial charge in [0.25, 0.3) is 6.67 Å². The number of nitrogens with zero attached hydrogens (tertiary/aromatic N) is 2. The summed E-state index contributed by atoms with van der Waals surface area (Å²) in [5, 5.41) is 14.2. The molecule has 0 atom stereocenters. The van der Waals surface area contributed by atoms with Crippen LogP contribution in [0.3, 0.4) is 0 Å². The van der Waals surface area contributed by atoms with Crippen molar-refractivity contribution in [3.05, 3.63) is 11.4 Å². The Balaban J connectivity index is 2.85. The molecule has 0 fully saturated rings. The minimum Gasteiger partial charge on any atom is -0.304 e. The summed E-state index contributed by atoms with van der Waals surface area (Å²) in [5.41, 5.74) is 0. The first-order valence-electron chi connectivity index (χ1n) is 4.53. The first-order chi connectivity index (χ1) is 6.41. The van der Waals surface area contributed by atoms with Crippen LogP contribution in [0.1, 0.15) is 19.3 Å². The fourth-order valence-electron chi connectivity index (χ4n) is 0.956. The van der Waals surface area contributed by atoms with Crippen LogP contribution >= 0.6 is 0 Å². The highest BCUT2D eigenvalue weighted by Crippen LogP contribution is 1.91. The fraction of sp³-hybridized carbons (Fsp3) is 0.778. The molecular formula is C9H16N4. The number of hydrogen-bond donors (Lipinski definition) is 2. The number of rotatable bonds is 8. The van der Waals surface area contributed by atoms with Crippen molar-refractivity contribution in [3.8, 4) is 6.07 Å². The molecule has 0 heterocycles. The van der Waals surface area contributed by atoms with Gasteiger partial charge in [0.1, 0.15) is 0 Å². The predicted octanol–water partition coefficient (Wildman–Crippen LogP) is 0.736. The number of hydrogen-bond acceptors (Lipinski definition) is 3. The van der Waals surface area contributed by atoms with Gasteiger partial charge in [0, 0.05) is 6.54 Å². The summed E-state index contributed by atoms with van der Waals surface area (Å²) in [6.07, 6.45) is 3.34. The first-order valence-corrected chi connectivity index (χ1v) is 4.53. The zero-order valence-corrected chi connectivity index (χ0v) is 7.84. The molecule has 0 rings (SSSR count). The maximum atomic E-state index is 8.22. The van der Waals surface area contributed by atoms with E-state index in [4.69, 9.17) is 11.8 Å². The van der Waals surface area contributed by atoms with E-state index in [-0.39, 0.29) is 0 Å². The third-order valence-electron chi connectivity index (χ3n) is 1.60. The minimum atomic E-state index is 0.423. The maximum Gasteiger partial charge on any atom is 0.268 e. The lowest BCUT2D eigenvalue weighted by atomic mass is 10.2. The summed E-state index contributed by atoms with van der Waals surface area (Å²) in [6, 6.07) is 2.03. The third kappa shape index (κ3) is 10.9. The molecule has 4 nitrogen and oxygen atoms in total. The van der Waals surface area contributed by atoms with Gasteiger partial charge < -0.3 is 5.32 Å². The highest BCUT2D eigenvalue weighted by atomic mass is 15.0. The molecule has 0 bridgehead atoms. The molecular weight excluding hydrogens is 164 g/mol. The van der Waals surface area contributed by atoms with Crippen molar-refractivity contribution in [1.29, 1.82) is 5.26 Å². The molecule has 0 aromatic carbocycles. The standard InChI is InChI=1S/C9H16N4/c1-11-9-13-7-4-2-3-6-12-8-5-10/h12-13H,2-4,6-9H2. The second-order valence-corrected chi connectivity index (χ2v) is 2.71. The molecule has 0 aliphatic heterocycles. The van der Waals surface area contributed by atoms with E-state index in [0.29, 0.717) is 13.2 Å². The van der Waals surface area contributed by atoms with Crippen molar-refractivity contribution in [2.24, 2.45) is 0 Å². The van der Waals surface area contributed by atoms with Crippen LogP contribution in [0.2, 0.25) is 0 Å². The molecule has 0 amide bonds. The predicted molar refractivity (Wildman–Crippen MR) is 51.8 cm³/mol.